The molecule has 2 aliphatic heterocycles. The standard InChI is InChI=1S/C17H32O4/c1-4-5-14(7-18-9-16-11-20-16)6-15(13(2)3)8-19-10-17-12-21-17/h13-17H,4-12H2,1-3H3. The molecule has 0 spiro atoms. The van der Waals surface area contributed by atoms with E-state index in [9.17, 15) is 0 Å². The Balaban J connectivity index is 1.66. The van der Waals surface area contributed by atoms with Crippen molar-refractivity contribution in [3.63, 3.8) is 0 Å². The minimum absolute atomic E-state index is 0.367. The fourth-order valence-electron chi connectivity index (χ4n) is 2.68. The van der Waals surface area contributed by atoms with Gasteiger partial charge < -0.3 is 18.9 Å². The normalized spacial score (nSPS) is 26.9. The minimum Gasteiger partial charge on any atom is -0.378 e. The van der Waals surface area contributed by atoms with Gasteiger partial charge in [0.2, 0.25) is 0 Å². The SMILES string of the molecule is CCCC(COCC1CO1)CC(COCC1CO1)C(C)C. The molecule has 4 unspecified atom stereocenters. The quantitative estimate of drug-likeness (QED) is 0.491. The lowest BCUT2D eigenvalue weighted by molar-refractivity contribution is 0.0389. The molecule has 2 saturated heterocycles. The molecule has 2 aliphatic rings. The van der Waals surface area contributed by atoms with Crippen LogP contribution >= 0.6 is 0 Å². The largest absolute Gasteiger partial charge is 0.378 e. The van der Waals surface area contributed by atoms with Crippen molar-refractivity contribution in [2.75, 3.05) is 39.6 Å². The molecule has 0 radical (unpaired) electrons. The highest BCUT2D eigenvalue weighted by Gasteiger charge is 2.26. The fraction of sp³-hybridized carbons (Fsp3) is 1.00. The second-order valence-corrected chi connectivity index (χ2v) is 6.88. The summed E-state index contributed by atoms with van der Waals surface area (Å²) in [6.45, 7) is 11.8. The number of ether oxygens (including phenoxy) is 4. The summed E-state index contributed by atoms with van der Waals surface area (Å²) in [5.41, 5.74) is 0. The number of rotatable bonds is 13. The van der Waals surface area contributed by atoms with E-state index >= 15 is 0 Å². The fourth-order valence-corrected chi connectivity index (χ4v) is 2.68. The molecule has 0 aromatic carbocycles. The van der Waals surface area contributed by atoms with Crippen LogP contribution in [0.3, 0.4) is 0 Å². The zero-order chi connectivity index (χ0) is 15.1. The Bertz CT molecular complexity index is 274. The Labute approximate surface area is 129 Å². The maximum absolute atomic E-state index is 5.83. The average Bonchev–Trinajstić information content (AvgIpc) is 3.32. The summed E-state index contributed by atoms with van der Waals surface area (Å²) < 4.78 is 22.0. The second kappa shape index (κ2) is 9.09. The highest BCUT2D eigenvalue weighted by molar-refractivity contribution is 4.72. The molecule has 124 valence electrons. The van der Waals surface area contributed by atoms with Crippen molar-refractivity contribution in [3.8, 4) is 0 Å². The highest BCUT2D eigenvalue weighted by Crippen LogP contribution is 2.25. The van der Waals surface area contributed by atoms with Crippen LogP contribution in [0.4, 0.5) is 0 Å². The van der Waals surface area contributed by atoms with Crippen molar-refractivity contribution in [1.29, 1.82) is 0 Å². The van der Waals surface area contributed by atoms with Crippen LogP contribution in [0.15, 0.2) is 0 Å². The van der Waals surface area contributed by atoms with E-state index < -0.39 is 0 Å². The van der Waals surface area contributed by atoms with Gasteiger partial charge in [0.25, 0.3) is 0 Å². The Kier molecular flexibility index (Phi) is 7.44. The van der Waals surface area contributed by atoms with Gasteiger partial charge in [0.05, 0.1) is 26.4 Å². The summed E-state index contributed by atoms with van der Waals surface area (Å²) in [7, 11) is 0. The van der Waals surface area contributed by atoms with E-state index in [1.807, 2.05) is 0 Å². The Hall–Kier alpha value is -0.160. The predicted octanol–water partition coefficient (Wildman–Crippen LogP) is 2.90. The van der Waals surface area contributed by atoms with Crippen molar-refractivity contribution in [1.82, 2.24) is 0 Å². The van der Waals surface area contributed by atoms with E-state index in [0.29, 0.717) is 30.0 Å². The van der Waals surface area contributed by atoms with Gasteiger partial charge in [-0.1, -0.05) is 27.2 Å². The maximum atomic E-state index is 5.83. The first-order valence-electron chi connectivity index (χ1n) is 8.57. The first-order chi connectivity index (χ1) is 10.2. The maximum Gasteiger partial charge on any atom is 0.104 e. The molecule has 4 heteroatoms. The predicted molar refractivity (Wildman–Crippen MR) is 82.5 cm³/mol. The monoisotopic (exact) mass is 300 g/mol. The first kappa shape index (κ1) is 17.2. The lowest BCUT2D eigenvalue weighted by atomic mass is 9.85. The van der Waals surface area contributed by atoms with E-state index in [4.69, 9.17) is 18.9 Å². The van der Waals surface area contributed by atoms with Crippen LogP contribution in [0.5, 0.6) is 0 Å². The van der Waals surface area contributed by atoms with Crippen molar-refractivity contribution in [2.24, 2.45) is 17.8 Å². The van der Waals surface area contributed by atoms with Crippen molar-refractivity contribution in [2.45, 2.75) is 52.2 Å². The van der Waals surface area contributed by atoms with E-state index in [2.05, 4.69) is 20.8 Å². The molecule has 0 amide bonds. The smallest absolute Gasteiger partial charge is 0.104 e. The van der Waals surface area contributed by atoms with Crippen LogP contribution in [0, 0.1) is 17.8 Å². The molecule has 2 heterocycles. The third kappa shape index (κ3) is 7.59. The van der Waals surface area contributed by atoms with E-state index in [1.165, 1.54) is 19.3 Å². The number of epoxide rings is 2. The molecule has 2 rings (SSSR count). The minimum atomic E-state index is 0.367. The summed E-state index contributed by atoms with van der Waals surface area (Å²) in [6, 6.07) is 0. The molecule has 0 aromatic rings. The van der Waals surface area contributed by atoms with E-state index in [-0.39, 0.29) is 0 Å². The van der Waals surface area contributed by atoms with Gasteiger partial charge in [-0.25, -0.2) is 0 Å². The molecule has 21 heavy (non-hydrogen) atoms. The van der Waals surface area contributed by atoms with Crippen LogP contribution in [0.2, 0.25) is 0 Å². The Morgan fingerprint density at radius 2 is 1.57 bits per heavy atom. The number of hydrogen-bond donors (Lipinski definition) is 0. The van der Waals surface area contributed by atoms with Gasteiger partial charge in [-0.05, 0) is 30.6 Å². The van der Waals surface area contributed by atoms with Gasteiger partial charge in [-0.15, -0.1) is 0 Å². The van der Waals surface area contributed by atoms with Gasteiger partial charge in [-0.3, -0.25) is 0 Å². The third-order valence-corrected chi connectivity index (χ3v) is 4.37. The molecule has 0 saturated carbocycles. The van der Waals surface area contributed by atoms with Gasteiger partial charge in [0.15, 0.2) is 0 Å². The second-order valence-electron chi connectivity index (χ2n) is 6.88. The zero-order valence-corrected chi connectivity index (χ0v) is 13.9. The summed E-state index contributed by atoms with van der Waals surface area (Å²) in [6.07, 6.45) is 4.39. The molecule has 4 atom stereocenters. The molecule has 0 aromatic heterocycles. The molecule has 0 N–H and O–H groups in total. The van der Waals surface area contributed by atoms with Gasteiger partial charge in [0.1, 0.15) is 12.2 Å². The number of hydrogen-bond acceptors (Lipinski definition) is 4. The molecule has 4 nitrogen and oxygen atoms in total. The van der Waals surface area contributed by atoms with Crippen LogP contribution in [0.1, 0.15) is 40.0 Å². The molecule has 0 bridgehead atoms. The summed E-state index contributed by atoms with van der Waals surface area (Å²) >= 11 is 0. The summed E-state index contributed by atoms with van der Waals surface area (Å²) in [4.78, 5) is 0. The van der Waals surface area contributed by atoms with Crippen LogP contribution in [-0.2, 0) is 18.9 Å². The Morgan fingerprint density at radius 3 is 2.05 bits per heavy atom. The molecular weight excluding hydrogens is 268 g/mol. The van der Waals surface area contributed by atoms with E-state index in [0.717, 1.165) is 39.6 Å². The third-order valence-electron chi connectivity index (χ3n) is 4.37. The van der Waals surface area contributed by atoms with Gasteiger partial charge in [0, 0.05) is 13.2 Å². The molecular formula is C17H32O4. The molecule has 2 fully saturated rings. The lowest BCUT2D eigenvalue weighted by Crippen LogP contribution is -2.23. The average molecular weight is 300 g/mol. The van der Waals surface area contributed by atoms with Gasteiger partial charge in [-0.2, -0.15) is 0 Å². The van der Waals surface area contributed by atoms with Crippen LogP contribution < -0.4 is 0 Å². The Morgan fingerprint density at radius 1 is 1.00 bits per heavy atom. The summed E-state index contributed by atoms with van der Waals surface area (Å²) in [5, 5.41) is 0. The van der Waals surface area contributed by atoms with Crippen molar-refractivity contribution < 1.29 is 18.9 Å². The van der Waals surface area contributed by atoms with Crippen LogP contribution in [0.25, 0.3) is 0 Å². The zero-order valence-electron chi connectivity index (χ0n) is 13.9. The van der Waals surface area contributed by atoms with Crippen LogP contribution in [-0.4, -0.2) is 51.8 Å². The first-order valence-corrected chi connectivity index (χ1v) is 8.57. The molecule has 0 aliphatic carbocycles. The van der Waals surface area contributed by atoms with Gasteiger partial charge >= 0.3 is 0 Å². The highest BCUT2D eigenvalue weighted by atomic mass is 16.6. The topological polar surface area (TPSA) is 43.5 Å². The van der Waals surface area contributed by atoms with E-state index in [1.54, 1.807) is 0 Å². The lowest BCUT2D eigenvalue weighted by Gasteiger charge is -2.26. The van der Waals surface area contributed by atoms with Crippen molar-refractivity contribution in [3.05, 3.63) is 0 Å². The summed E-state index contributed by atoms with van der Waals surface area (Å²) in [5.74, 6) is 1.90. The van der Waals surface area contributed by atoms with Crippen molar-refractivity contribution >= 4 is 0 Å².